The summed E-state index contributed by atoms with van der Waals surface area (Å²) in [7, 11) is 1.67. The molecule has 0 spiro atoms. The van der Waals surface area contributed by atoms with Gasteiger partial charge in [0.2, 0.25) is 0 Å². The van der Waals surface area contributed by atoms with Crippen molar-refractivity contribution >= 4 is 17.4 Å². The Labute approximate surface area is 106 Å². The fraction of sp³-hybridized carbons (Fsp3) is 0.667. The SMILES string of the molecule is CNC(=O)N1CCc2nc(C(C)(C)C)sc2C1. The van der Waals surface area contributed by atoms with Crippen molar-refractivity contribution in [1.29, 1.82) is 0 Å². The van der Waals surface area contributed by atoms with Crippen LogP contribution in [-0.4, -0.2) is 29.5 Å². The molecule has 1 N–H and O–H groups in total. The molecule has 17 heavy (non-hydrogen) atoms. The van der Waals surface area contributed by atoms with Crippen LogP contribution in [0.5, 0.6) is 0 Å². The first-order valence-electron chi connectivity index (χ1n) is 5.87. The van der Waals surface area contributed by atoms with Gasteiger partial charge in [0.25, 0.3) is 0 Å². The number of urea groups is 1. The van der Waals surface area contributed by atoms with E-state index in [1.807, 2.05) is 4.90 Å². The van der Waals surface area contributed by atoms with Crippen molar-refractivity contribution in [1.82, 2.24) is 15.2 Å². The van der Waals surface area contributed by atoms with Gasteiger partial charge >= 0.3 is 6.03 Å². The van der Waals surface area contributed by atoms with Crippen LogP contribution in [0.4, 0.5) is 4.79 Å². The van der Waals surface area contributed by atoms with E-state index < -0.39 is 0 Å². The summed E-state index contributed by atoms with van der Waals surface area (Å²) in [5.41, 5.74) is 1.28. The zero-order valence-electron chi connectivity index (χ0n) is 10.8. The Morgan fingerprint density at radius 2 is 2.18 bits per heavy atom. The summed E-state index contributed by atoms with van der Waals surface area (Å²) < 4.78 is 0. The van der Waals surface area contributed by atoms with Gasteiger partial charge in [-0.3, -0.25) is 0 Å². The fourth-order valence-corrected chi connectivity index (χ4v) is 3.03. The Bertz CT molecular complexity index is 433. The Morgan fingerprint density at radius 1 is 1.47 bits per heavy atom. The van der Waals surface area contributed by atoms with Gasteiger partial charge in [0, 0.05) is 30.3 Å². The Hall–Kier alpha value is -1.10. The van der Waals surface area contributed by atoms with Crippen LogP contribution in [0, 0.1) is 0 Å². The second kappa shape index (κ2) is 4.29. The zero-order chi connectivity index (χ0) is 12.6. The predicted octanol–water partition coefficient (Wildman–Crippen LogP) is 2.14. The first kappa shape index (κ1) is 12.4. The lowest BCUT2D eigenvalue weighted by atomic mass is 9.98. The number of hydrogen-bond acceptors (Lipinski definition) is 3. The Balaban J connectivity index is 2.21. The molecule has 5 heteroatoms. The minimum atomic E-state index is 0.00126. The second-order valence-corrected chi connectivity index (χ2v) is 6.45. The van der Waals surface area contributed by atoms with Crippen LogP contribution >= 0.6 is 11.3 Å². The molecule has 0 aromatic carbocycles. The summed E-state index contributed by atoms with van der Waals surface area (Å²) in [6.45, 7) is 7.98. The lowest BCUT2D eigenvalue weighted by molar-refractivity contribution is 0.195. The van der Waals surface area contributed by atoms with Crippen molar-refractivity contribution in [2.45, 2.75) is 39.2 Å². The molecule has 0 fully saturated rings. The van der Waals surface area contributed by atoms with Gasteiger partial charge in [-0.2, -0.15) is 0 Å². The monoisotopic (exact) mass is 253 g/mol. The average Bonchev–Trinajstić information content (AvgIpc) is 2.70. The number of amides is 2. The molecule has 94 valence electrons. The van der Waals surface area contributed by atoms with Crippen LogP contribution in [0.25, 0.3) is 0 Å². The number of carbonyl (C=O) groups is 1. The fourth-order valence-electron chi connectivity index (χ4n) is 1.85. The largest absolute Gasteiger partial charge is 0.341 e. The summed E-state index contributed by atoms with van der Waals surface area (Å²) >= 11 is 1.74. The highest BCUT2D eigenvalue weighted by Crippen LogP contribution is 2.32. The minimum Gasteiger partial charge on any atom is -0.341 e. The molecule has 2 amide bonds. The van der Waals surface area contributed by atoms with E-state index in [4.69, 9.17) is 4.98 Å². The minimum absolute atomic E-state index is 0.00126. The molecule has 0 radical (unpaired) electrons. The molecular formula is C12H19N3OS. The van der Waals surface area contributed by atoms with Crippen molar-refractivity contribution in [2.24, 2.45) is 0 Å². The van der Waals surface area contributed by atoms with E-state index in [0.29, 0.717) is 6.54 Å². The average molecular weight is 253 g/mol. The summed E-state index contributed by atoms with van der Waals surface area (Å²) in [5, 5.41) is 3.84. The van der Waals surface area contributed by atoms with Gasteiger partial charge in [-0.15, -0.1) is 11.3 Å². The van der Waals surface area contributed by atoms with Crippen LogP contribution in [0.1, 0.15) is 36.3 Å². The van der Waals surface area contributed by atoms with E-state index in [9.17, 15) is 4.79 Å². The lowest BCUT2D eigenvalue weighted by Crippen LogP contribution is -2.40. The first-order chi connectivity index (χ1) is 7.91. The van der Waals surface area contributed by atoms with E-state index in [1.165, 1.54) is 15.6 Å². The highest BCUT2D eigenvalue weighted by Gasteiger charge is 2.26. The maximum atomic E-state index is 11.6. The van der Waals surface area contributed by atoms with Crippen LogP contribution in [-0.2, 0) is 18.4 Å². The third-order valence-electron chi connectivity index (χ3n) is 2.87. The molecular weight excluding hydrogens is 234 g/mol. The number of rotatable bonds is 0. The first-order valence-corrected chi connectivity index (χ1v) is 6.69. The molecule has 0 unspecified atom stereocenters. The highest BCUT2D eigenvalue weighted by molar-refractivity contribution is 7.11. The molecule has 2 rings (SSSR count). The molecule has 1 aromatic rings. The zero-order valence-corrected chi connectivity index (χ0v) is 11.6. The van der Waals surface area contributed by atoms with Gasteiger partial charge in [0.05, 0.1) is 17.2 Å². The molecule has 0 saturated carbocycles. The van der Waals surface area contributed by atoms with Crippen molar-refractivity contribution < 1.29 is 4.79 Å². The molecule has 2 heterocycles. The lowest BCUT2D eigenvalue weighted by Gasteiger charge is -2.25. The van der Waals surface area contributed by atoms with E-state index in [2.05, 4.69) is 26.1 Å². The summed E-state index contributed by atoms with van der Waals surface area (Å²) in [6, 6.07) is 0.00126. The molecule has 0 saturated heterocycles. The summed E-state index contributed by atoms with van der Waals surface area (Å²) in [4.78, 5) is 19.4. The number of nitrogens with one attached hydrogen (secondary N) is 1. The van der Waals surface area contributed by atoms with Crippen LogP contribution < -0.4 is 5.32 Å². The molecule has 1 aliphatic heterocycles. The number of nitrogens with zero attached hydrogens (tertiary/aromatic N) is 2. The number of aromatic nitrogens is 1. The topological polar surface area (TPSA) is 45.2 Å². The molecule has 4 nitrogen and oxygen atoms in total. The number of carbonyl (C=O) groups excluding carboxylic acids is 1. The van der Waals surface area contributed by atoms with Gasteiger partial charge in [-0.1, -0.05) is 20.8 Å². The second-order valence-electron chi connectivity index (χ2n) is 5.37. The molecule has 1 aliphatic rings. The van der Waals surface area contributed by atoms with E-state index >= 15 is 0 Å². The molecule has 0 bridgehead atoms. The Morgan fingerprint density at radius 3 is 2.76 bits per heavy atom. The van der Waals surface area contributed by atoms with Crippen LogP contribution in [0.2, 0.25) is 0 Å². The van der Waals surface area contributed by atoms with Gasteiger partial charge in [-0.25, -0.2) is 9.78 Å². The van der Waals surface area contributed by atoms with Gasteiger partial charge in [0.15, 0.2) is 0 Å². The molecule has 0 atom stereocenters. The van der Waals surface area contributed by atoms with Crippen molar-refractivity contribution in [3.63, 3.8) is 0 Å². The van der Waals surface area contributed by atoms with Crippen molar-refractivity contribution in [2.75, 3.05) is 13.6 Å². The van der Waals surface area contributed by atoms with E-state index in [0.717, 1.165) is 13.0 Å². The van der Waals surface area contributed by atoms with E-state index in [-0.39, 0.29) is 11.4 Å². The highest BCUT2D eigenvalue weighted by atomic mass is 32.1. The molecule has 0 aliphatic carbocycles. The third-order valence-corrected chi connectivity index (χ3v) is 4.38. The van der Waals surface area contributed by atoms with Gasteiger partial charge < -0.3 is 10.2 Å². The predicted molar refractivity (Wildman–Crippen MR) is 69.4 cm³/mol. The van der Waals surface area contributed by atoms with Gasteiger partial charge in [-0.05, 0) is 0 Å². The van der Waals surface area contributed by atoms with E-state index in [1.54, 1.807) is 18.4 Å². The summed E-state index contributed by atoms with van der Waals surface area (Å²) in [5.74, 6) is 0. The number of thiazole rings is 1. The number of fused-ring (bicyclic) bond motifs is 1. The maximum Gasteiger partial charge on any atom is 0.317 e. The van der Waals surface area contributed by atoms with Crippen LogP contribution in [0.15, 0.2) is 0 Å². The van der Waals surface area contributed by atoms with Gasteiger partial charge in [0.1, 0.15) is 0 Å². The quantitative estimate of drug-likeness (QED) is 0.770. The third kappa shape index (κ3) is 2.44. The normalized spacial score (nSPS) is 15.6. The maximum absolute atomic E-state index is 11.6. The van der Waals surface area contributed by atoms with Crippen molar-refractivity contribution in [3.05, 3.63) is 15.6 Å². The standard InChI is InChI=1S/C12H19N3OS/c1-12(2,3)10-14-8-5-6-15(11(16)13-4)7-9(8)17-10/h5-7H2,1-4H3,(H,13,16). The van der Waals surface area contributed by atoms with Crippen LogP contribution in [0.3, 0.4) is 0 Å². The number of hydrogen-bond donors (Lipinski definition) is 1. The Kier molecular flexibility index (Phi) is 3.12. The molecule has 1 aromatic heterocycles. The van der Waals surface area contributed by atoms with Crippen molar-refractivity contribution in [3.8, 4) is 0 Å². The smallest absolute Gasteiger partial charge is 0.317 e. The summed E-state index contributed by atoms with van der Waals surface area (Å²) in [6.07, 6.45) is 0.870.